The Labute approximate surface area is 153 Å². The molecule has 7 nitrogen and oxygen atoms in total. The van der Waals surface area contributed by atoms with Gasteiger partial charge in [0, 0.05) is 25.1 Å². The van der Waals surface area contributed by atoms with E-state index in [-0.39, 0.29) is 18.4 Å². The number of nitrogens with one attached hydrogen (secondary N) is 2. The van der Waals surface area contributed by atoms with Gasteiger partial charge in [-0.25, -0.2) is 4.98 Å². The van der Waals surface area contributed by atoms with Gasteiger partial charge in [-0.05, 0) is 30.9 Å². The Bertz CT molecular complexity index is 696. The van der Waals surface area contributed by atoms with Gasteiger partial charge >= 0.3 is 0 Å². The van der Waals surface area contributed by atoms with Gasteiger partial charge in [0.2, 0.25) is 5.91 Å². The Hall–Kier alpha value is -2.70. The molecule has 2 aromatic heterocycles. The van der Waals surface area contributed by atoms with E-state index in [1.807, 2.05) is 4.90 Å². The molecule has 7 heteroatoms. The molecular weight excluding hydrogens is 330 g/mol. The summed E-state index contributed by atoms with van der Waals surface area (Å²) < 4.78 is 0. The van der Waals surface area contributed by atoms with Gasteiger partial charge < -0.3 is 15.2 Å². The van der Waals surface area contributed by atoms with Crippen LogP contribution in [0.3, 0.4) is 0 Å². The van der Waals surface area contributed by atoms with E-state index in [1.54, 1.807) is 30.9 Å². The topological polar surface area (TPSA) is 91.0 Å². The van der Waals surface area contributed by atoms with E-state index in [9.17, 15) is 9.59 Å². The number of H-pyrrole nitrogens is 1. The molecule has 1 aliphatic carbocycles. The number of carbonyl (C=O) groups excluding carboxylic acids is 2. The summed E-state index contributed by atoms with van der Waals surface area (Å²) in [6.07, 6.45) is 12.5. The lowest BCUT2D eigenvalue weighted by Crippen LogP contribution is -2.42. The molecule has 0 atom stereocenters. The van der Waals surface area contributed by atoms with Crippen molar-refractivity contribution in [2.75, 3.05) is 13.1 Å². The predicted molar refractivity (Wildman–Crippen MR) is 97.1 cm³/mol. The van der Waals surface area contributed by atoms with E-state index in [0.29, 0.717) is 18.0 Å². The minimum absolute atomic E-state index is 0.0193. The van der Waals surface area contributed by atoms with Crippen molar-refractivity contribution in [3.8, 4) is 0 Å². The van der Waals surface area contributed by atoms with Crippen molar-refractivity contribution >= 4 is 11.8 Å². The van der Waals surface area contributed by atoms with Crippen LogP contribution >= 0.6 is 0 Å². The molecule has 138 valence electrons. The van der Waals surface area contributed by atoms with Crippen LogP contribution in [0.2, 0.25) is 0 Å². The third kappa shape index (κ3) is 5.15. The maximum atomic E-state index is 12.7. The molecule has 2 amide bonds. The number of hydrogen-bond donors (Lipinski definition) is 2. The van der Waals surface area contributed by atoms with Crippen LogP contribution in [0.5, 0.6) is 0 Å². The van der Waals surface area contributed by atoms with Crippen molar-refractivity contribution in [1.29, 1.82) is 0 Å². The quantitative estimate of drug-likeness (QED) is 0.796. The maximum Gasteiger partial charge on any atom is 0.253 e. The van der Waals surface area contributed by atoms with Crippen molar-refractivity contribution in [3.05, 3.63) is 48.3 Å². The standard InChI is InChI=1S/C19H25N5O2/c25-18(11-22-19(26)16-7-4-8-20-9-16)24(13-17-10-21-14-23-17)12-15-5-2-1-3-6-15/h4,7-10,14-15H,1-3,5-6,11-13H2,(H,21,23)(H,22,26). The zero-order valence-electron chi connectivity index (χ0n) is 14.9. The van der Waals surface area contributed by atoms with E-state index in [1.165, 1.54) is 25.5 Å². The molecule has 0 saturated heterocycles. The highest BCUT2D eigenvalue weighted by atomic mass is 16.2. The molecule has 2 N–H and O–H groups in total. The van der Waals surface area contributed by atoms with Gasteiger partial charge in [-0.3, -0.25) is 14.6 Å². The van der Waals surface area contributed by atoms with Crippen LogP contribution in [0, 0.1) is 5.92 Å². The van der Waals surface area contributed by atoms with Crippen LogP contribution in [-0.4, -0.2) is 44.8 Å². The second-order valence-electron chi connectivity index (χ2n) is 6.78. The zero-order chi connectivity index (χ0) is 18.2. The lowest BCUT2D eigenvalue weighted by molar-refractivity contribution is -0.131. The summed E-state index contributed by atoms with van der Waals surface area (Å²) in [5.41, 5.74) is 1.35. The Morgan fingerprint density at radius 1 is 1.19 bits per heavy atom. The number of aromatic nitrogens is 3. The van der Waals surface area contributed by atoms with E-state index in [4.69, 9.17) is 0 Å². The van der Waals surface area contributed by atoms with Crippen LogP contribution in [0.25, 0.3) is 0 Å². The van der Waals surface area contributed by atoms with Gasteiger partial charge in [0.05, 0.1) is 30.7 Å². The number of rotatable bonds is 7. The van der Waals surface area contributed by atoms with E-state index in [0.717, 1.165) is 25.1 Å². The van der Waals surface area contributed by atoms with Crippen molar-refractivity contribution in [2.45, 2.75) is 38.6 Å². The minimum Gasteiger partial charge on any atom is -0.347 e. The minimum atomic E-state index is -0.286. The number of nitrogens with zero attached hydrogens (tertiary/aromatic N) is 3. The Morgan fingerprint density at radius 3 is 2.73 bits per heavy atom. The number of pyridine rings is 1. The van der Waals surface area contributed by atoms with E-state index in [2.05, 4.69) is 20.3 Å². The number of imidazole rings is 1. The fourth-order valence-corrected chi connectivity index (χ4v) is 3.38. The molecule has 0 aromatic carbocycles. The third-order valence-electron chi connectivity index (χ3n) is 4.80. The highest BCUT2D eigenvalue weighted by Gasteiger charge is 2.22. The first-order valence-electron chi connectivity index (χ1n) is 9.15. The lowest BCUT2D eigenvalue weighted by atomic mass is 9.89. The van der Waals surface area contributed by atoms with Gasteiger partial charge in [-0.2, -0.15) is 0 Å². The SMILES string of the molecule is O=C(NCC(=O)N(Cc1cnc[nH]1)CC1CCCCC1)c1cccnc1. The lowest BCUT2D eigenvalue weighted by Gasteiger charge is -2.29. The summed E-state index contributed by atoms with van der Waals surface area (Å²) in [6, 6.07) is 3.38. The molecule has 0 spiro atoms. The number of amides is 2. The molecule has 0 bridgehead atoms. The molecule has 3 rings (SSSR count). The summed E-state index contributed by atoms with van der Waals surface area (Å²) in [5.74, 6) is 0.165. The molecule has 26 heavy (non-hydrogen) atoms. The summed E-state index contributed by atoms with van der Waals surface area (Å²) in [4.78, 5) is 37.7. The average molecular weight is 355 g/mol. The van der Waals surface area contributed by atoms with Gasteiger partial charge in [0.1, 0.15) is 0 Å². The Kier molecular flexibility index (Phi) is 6.35. The van der Waals surface area contributed by atoms with Crippen molar-refractivity contribution in [2.24, 2.45) is 5.92 Å². The number of carbonyl (C=O) groups is 2. The predicted octanol–water partition coefficient (Wildman–Crippen LogP) is 2.14. The fraction of sp³-hybridized carbons (Fsp3) is 0.474. The molecule has 2 aromatic rings. The highest BCUT2D eigenvalue weighted by molar-refractivity contribution is 5.96. The van der Waals surface area contributed by atoms with Crippen LogP contribution < -0.4 is 5.32 Å². The summed E-state index contributed by atoms with van der Waals surface area (Å²) in [6.45, 7) is 1.19. The average Bonchev–Trinajstić information content (AvgIpc) is 3.20. The van der Waals surface area contributed by atoms with Crippen LogP contribution in [0.1, 0.15) is 48.2 Å². The van der Waals surface area contributed by atoms with Gasteiger partial charge in [-0.1, -0.05) is 19.3 Å². The third-order valence-corrected chi connectivity index (χ3v) is 4.80. The molecular formula is C19H25N5O2. The van der Waals surface area contributed by atoms with Crippen LogP contribution in [0.15, 0.2) is 37.1 Å². The van der Waals surface area contributed by atoms with Crippen molar-refractivity contribution in [1.82, 2.24) is 25.2 Å². The van der Waals surface area contributed by atoms with Gasteiger partial charge in [0.25, 0.3) is 5.91 Å². The molecule has 1 fully saturated rings. The van der Waals surface area contributed by atoms with Gasteiger partial charge in [-0.15, -0.1) is 0 Å². The van der Waals surface area contributed by atoms with E-state index < -0.39 is 0 Å². The molecule has 0 aliphatic heterocycles. The smallest absolute Gasteiger partial charge is 0.253 e. The molecule has 1 aliphatic rings. The number of hydrogen-bond acceptors (Lipinski definition) is 4. The first-order chi connectivity index (χ1) is 12.7. The van der Waals surface area contributed by atoms with Crippen LogP contribution in [0.4, 0.5) is 0 Å². The number of aromatic amines is 1. The monoisotopic (exact) mass is 355 g/mol. The molecule has 1 saturated carbocycles. The molecule has 0 unspecified atom stereocenters. The summed E-state index contributed by atoms with van der Waals surface area (Å²) >= 11 is 0. The largest absolute Gasteiger partial charge is 0.347 e. The Balaban J connectivity index is 1.59. The Morgan fingerprint density at radius 2 is 2.04 bits per heavy atom. The van der Waals surface area contributed by atoms with Crippen LogP contribution in [-0.2, 0) is 11.3 Å². The van der Waals surface area contributed by atoms with Crippen molar-refractivity contribution < 1.29 is 9.59 Å². The summed E-state index contributed by atoms with van der Waals surface area (Å²) in [7, 11) is 0. The molecule has 2 heterocycles. The molecule has 0 radical (unpaired) electrons. The highest BCUT2D eigenvalue weighted by Crippen LogP contribution is 2.24. The second-order valence-corrected chi connectivity index (χ2v) is 6.78. The zero-order valence-corrected chi connectivity index (χ0v) is 14.9. The first kappa shape index (κ1) is 18.1. The summed E-state index contributed by atoms with van der Waals surface area (Å²) in [5, 5.41) is 2.70. The second kappa shape index (κ2) is 9.12. The van der Waals surface area contributed by atoms with Gasteiger partial charge in [0.15, 0.2) is 0 Å². The normalized spacial score (nSPS) is 14.8. The van der Waals surface area contributed by atoms with Crippen molar-refractivity contribution in [3.63, 3.8) is 0 Å². The fourth-order valence-electron chi connectivity index (χ4n) is 3.38. The maximum absolute atomic E-state index is 12.7. The van der Waals surface area contributed by atoms with E-state index >= 15 is 0 Å². The first-order valence-corrected chi connectivity index (χ1v) is 9.15.